The molecular weight excluding hydrogens is 322 g/mol. The topological polar surface area (TPSA) is 84.2 Å². The van der Waals surface area contributed by atoms with Gasteiger partial charge in [0.05, 0.1) is 4.88 Å². The van der Waals surface area contributed by atoms with Crippen molar-refractivity contribution in [3.05, 3.63) is 48.0 Å². The third-order valence-corrected chi connectivity index (χ3v) is 5.22. The monoisotopic (exact) mass is 335 g/mol. The molecule has 2 heterocycles. The Hall–Kier alpha value is -2.32. The van der Waals surface area contributed by atoms with Gasteiger partial charge in [-0.25, -0.2) is 8.42 Å². The van der Waals surface area contributed by atoms with Crippen LogP contribution in [0.15, 0.2) is 52.9 Å². The van der Waals surface area contributed by atoms with Crippen LogP contribution in [0, 0.1) is 0 Å². The van der Waals surface area contributed by atoms with Crippen LogP contribution in [-0.4, -0.2) is 23.3 Å². The highest BCUT2D eigenvalue weighted by atomic mass is 32.2. The first-order valence-electron chi connectivity index (χ1n) is 6.35. The SMILES string of the molecule is Cn1cc(S(=O)(=O)Nc2ccc(O)cc2)c(-c2cccs2)n1. The van der Waals surface area contributed by atoms with Crippen molar-refractivity contribution in [1.29, 1.82) is 0 Å². The molecular formula is C14H13N3O3S2. The Balaban J connectivity index is 2.01. The molecule has 2 aromatic heterocycles. The molecule has 6 nitrogen and oxygen atoms in total. The van der Waals surface area contributed by atoms with Crippen LogP contribution >= 0.6 is 11.3 Å². The highest BCUT2D eigenvalue weighted by Crippen LogP contribution is 2.30. The predicted molar refractivity (Wildman–Crippen MR) is 85.4 cm³/mol. The van der Waals surface area contributed by atoms with Crippen molar-refractivity contribution in [2.24, 2.45) is 7.05 Å². The fourth-order valence-corrected chi connectivity index (χ4v) is 4.03. The molecule has 0 fully saturated rings. The lowest BCUT2D eigenvalue weighted by Gasteiger charge is -2.07. The minimum absolute atomic E-state index is 0.0728. The molecule has 0 unspecified atom stereocenters. The number of aromatic nitrogens is 2. The van der Waals surface area contributed by atoms with Crippen LogP contribution in [0.5, 0.6) is 5.75 Å². The van der Waals surface area contributed by atoms with Gasteiger partial charge in [0.15, 0.2) is 0 Å². The van der Waals surface area contributed by atoms with Gasteiger partial charge in [0.2, 0.25) is 0 Å². The average Bonchev–Trinajstić information content (AvgIpc) is 3.10. The normalized spacial score (nSPS) is 11.5. The van der Waals surface area contributed by atoms with Crippen molar-refractivity contribution in [3.63, 3.8) is 0 Å². The minimum atomic E-state index is -3.77. The first-order chi connectivity index (χ1) is 10.5. The number of nitrogens with zero attached hydrogens (tertiary/aromatic N) is 2. The van der Waals surface area contributed by atoms with Gasteiger partial charge in [-0.15, -0.1) is 11.3 Å². The number of hydrogen-bond acceptors (Lipinski definition) is 5. The van der Waals surface area contributed by atoms with E-state index in [1.165, 1.54) is 46.5 Å². The fourth-order valence-electron chi connectivity index (χ4n) is 1.99. The first kappa shape index (κ1) is 14.6. The highest BCUT2D eigenvalue weighted by molar-refractivity contribution is 7.92. The second-order valence-electron chi connectivity index (χ2n) is 4.65. The van der Waals surface area contributed by atoms with E-state index in [4.69, 9.17) is 0 Å². The van der Waals surface area contributed by atoms with Gasteiger partial charge < -0.3 is 5.11 Å². The number of sulfonamides is 1. The number of phenolic OH excluding ortho intramolecular Hbond substituents is 1. The number of benzene rings is 1. The Labute approximate surface area is 131 Å². The zero-order valence-electron chi connectivity index (χ0n) is 11.6. The summed E-state index contributed by atoms with van der Waals surface area (Å²) in [5.74, 6) is 0.0728. The molecule has 0 bridgehead atoms. The summed E-state index contributed by atoms with van der Waals surface area (Å²) in [6, 6.07) is 9.50. The average molecular weight is 335 g/mol. The largest absolute Gasteiger partial charge is 0.508 e. The van der Waals surface area contributed by atoms with Crippen LogP contribution in [0.1, 0.15) is 0 Å². The number of anilines is 1. The summed E-state index contributed by atoms with van der Waals surface area (Å²) in [6.07, 6.45) is 1.47. The molecule has 0 aliphatic carbocycles. The van der Waals surface area contributed by atoms with Crippen molar-refractivity contribution in [2.75, 3.05) is 4.72 Å². The van der Waals surface area contributed by atoms with Gasteiger partial charge in [-0.3, -0.25) is 9.40 Å². The maximum Gasteiger partial charge on any atom is 0.265 e. The van der Waals surface area contributed by atoms with Crippen LogP contribution in [-0.2, 0) is 17.1 Å². The maximum absolute atomic E-state index is 12.6. The molecule has 3 aromatic rings. The molecule has 0 saturated carbocycles. The lowest BCUT2D eigenvalue weighted by molar-refractivity contribution is 0.475. The van der Waals surface area contributed by atoms with Crippen LogP contribution in [0.25, 0.3) is 10.6 Å². The Morgan fingerprint density at radius 2 is 1.95 bits per heavy atom. The zero-order valence-corrected chi connectivity index (χ0v) is 13.2. The van der Waals surface area contributed by atoms with Crippen LogP contribution in [0.3, 0.4) is 0 Å². The summed E-state index contributed by atoms with van der Waals surface area (Å²) in [6.45, 7) is 0. The number of hydrogen-bond donors (Lipinski definition) is 2. The van der Waals surface area contributed by atoms with E-state index in [0.717, 1.165) is 4.88 Å². The van der Waals surface area contributed by atoms with E-state index in [1.807, 2.05) is 17.5 Å². The molecule has 0 aliphatic rings. The second kappa shape index (κ2) is 5.47. The molecule has 0 radical (unpaired) electrons. The summed E-state index contributed by atoms with van der Waals surface area (Å²) < 4.78 is 29.1. The third-order valence-electron chi connectivity index (χ3n) is 2.96. The van der Waals surface area contributed by atoms with Crippen LogP contribution in [0.2, 0.25) is 0 Å². The van der Waals surface area contributed by atoms with Gasteiger partial charge in [0.25, 0.3) is 10.0 Å². The van der Waals surface area contributed by atoms with Gasteiger partial charge in [-0.1, -0.05) is 6.07 Å². The summed E-state index contributed by atoms with van der Waals surface area (Å²) in [4.78, 5) is 0.900. The molecule has 1 aromatic carbocycles. The standard InChI is InChI=1S/C14H13N3O3S2/c1-17-9-13(14(15-17)12-3-2-8-21-12)22(19,20)16-10-4-6-11(18)7-5-10/h2-9,16,18H,1H3. The van der Waals surface area contributed by atoms with Gasteiger partial charge in [0.1, 0.15) is 16.3 Å². The molecule has 0 saturated heterocycles. The Kier molecular flexibility index (Phi) is 3.63. The Morgan fingerprint density at radius 3 is 2.59 bits per heavy atom. The van der Waals surface area contributed by atoms with Crippen molar-refractivity contribution in [1.82, 2.24) is 9.78 Å². The number of aromatic hydroxyl groups is 1. The van der Waals surface area contributed by atoms with E-state index < -0.39 is 10.0 Å². The fraction of sp³-hybridized carbons (Fsp3) is 0.0714. The quantitative estimate of drug-likeness (QED) is 0.718. The number of phenols is 1. The number of nitrogens with one attached hydrogen (secondary N) is 1. The molecule has 0 amide bonds. The van der Waals surface area contributed by atoms with E-state index in [-0.39, 0.29) is 10.6 Å². The van der Waals surface area contributed by atoms with Gasteiger partial charge in [0, 0.05) is 18.9 Å². The van der Waals surface area contributed by atoms with Crippen molar-refractivity contribution in [2.45, 2.75) is 4.90 Å². The van der Waals surface area contributed by atoms with Crippen LogP contribution < -0.4 is 4.72 Å². The van der Waals surface area contributed by atoms with Gasteiger partial charge >= 0.3 is 0 Å². The Morgan fingerprint density at radius 1 is 1.23 bits per heavy atom. The summed E-state index contributed by atoms with van der Waals surface area (Å²) in [5, 5.41) is 15.4. The predicted octanol–water partition coefficient (Wildman–Crippen LogP) is 2.66. The summed E-state index contributed by atoms with van der Waals surface area (Å²) >= 11 is 1.43. The van der Waals surface area contributed by atoms with Gasteiger partial charge in [-0.05, 0) is 35.7 Å². The third kappa shape index (κ3) is 2.83. The summed E-state index contributed by atoms with van der Waals surface area (Å²) in [5.41, 5.74) is 0.794. The van der Waals surface area contributed by atoms with E-state index in [9.17, 15) is 13.5 Å². The number of thiophene rings is 1. The van der Waals surface area contributed by atoms with Crippen molar-refractivity contribution < 1.29 is 13.5 Å². The molecule has 0 atom stereocenters. The van der Waals surface area contributed by atoms with Gasteiger partial charge in [-0.2, -0.15) is 5.10 Å². The molecule has 114 valence electrons. The second-order valence-corrected chi connectivity index (χ2v) is 7.24. The maximum atomic E-state index is 12.6. The van der Waals surface area contributed by atoms with E-state index >= 15 is 0 Å². The number of aryl methyl sites for hydroxylation is 1. The van der Waals surface area contributed by atoms with Crippen LogP contribution in [0.4, 0.5) is 5.69 Å². The highest BCUT2D eigenvalue weighted by Gasteiger charge is 2.23. The first-order valence-corrected chi connectivity index (χ1v) is 8.71. The molecule has 2 N–H and O–H groups in total. The number of rotatable bonds is 4. The molecule has 8 heteroatoms. The Bertz CT molecular complexity index is 882. The van der Waals surface area contributed by atoms with E-state index in [2.05, 4.69) is 9.82 Å². The van der Waals surface area contributed by atoms with Crippen molar-refractivity contribution >= 4 is 27.0 Å². The minimum Gasteiger partial charge on any atom is -0.508 e. The van der Waals surface area contributed by atoms with E-state index in [1.54, 1.807) is 7.05 Å². The van der Waals surface area contributed by atoms with E-state index in [0.29, 0.717) is 11.4 Å². The molecule has 3 rings (SSSR count). The lowest BCUT2D eigenvalue weighted by atomic mass is 10.3. The summed E-state index contributed by atoms with van der Waals surface area (Å²) in [7, 11) is -2.09. The van der Waals surface area contributed by atoms with Crippen molar-refractivity contribution in [3.8, 4) is 16.3 Å². The zero-order chi connectivity index (χ0) is 15.7. The molecule has 0 spiro atoms. The molecule has 0 aliphatic heterocycles. The smallest absolute Gasteiger partial charge is 0.265 e. The molecule has 22 heavy (non-hydrogen) atoms. The lowest BCUT2D eigenvalue weighted by Crippen LogP contribution is -2.13.